The number of hydrogen-bond donors (Lipinski definition) is 0. The van der Waals surface area contributed by atoms with Crippen LogP contribution in [0.3, 0.4) is 0 Å². The van der Waals surface area contributed by atoms with Gasteiger partial charge in [0.25, 0.3) is 0 Å². The summed E-state index contributed by atoms with van der Waals surface area (Å²) in [6, 6.07) is 21.2. The molecule has 1 fully saturated rings. The van der Waals surface area contributed by atoms with Crippen molar-refractivity contribution in [2.24, 2.45) is 0 Å². The van der Waals surface area contributed by atoms with Crippen molar-refractivity contribution in [1.82, 2.24) is 9.80 Å². The summed E-state index contributed by atoms with van der Waals surface area (Å²) in [5.41, 5.74) is 6.83. The third-order valence-corrected chi connectivity index (χ3v) is 8.81. The number of thioether (sulfide) groups is 1. The first kappa shape index (κ1) is 28.2. The van der Waals surface area contributed by atoms with Crippen molar-refractivity contribution in [3.63, 3.8) is 0 Å². The second kappa shape index (κ2) is 14.4. The highest BCUT2D eigenvalue weighted by molar-refractivity contribution is 7.99. The Morgan fingerprint density at radius 3 is 2.13 bits per heavy atom. The van der Waals surface area contributed by atoms with E-state index in [0.29, 0.717) is 12.5 Å². The molecule has 38 heavy (non-hydrogen) atoms. The number of nitrogens with zero attached hydrogens (tertiary/aromatic N) is 2. The molecule has 1 saturated heterocycles. The van der Waals surface area contributed by atoms with Gasteiger partial charge >= 0.3 is 0 Å². The van der Waals surface area contributed by atoms with Gasteiger partial charge in [-0.2, -0.15) is 11.8 Å². The number of hydrogen-bond acceptors (Lipinski definition) is 3. The molecular formula is C34H42N2OS. The number of carbonyl (C=O) groups excluding carboxylic acids is 1. The quantitative estimate of drug-likeness (QED) is 0.338. The molecule has 2 aromatic rings. The van der Waals surface area contributed by atoms with E-state index in [2.05, 4.69) is 109 Å². The summed E-state index contributed by atoms with van der Waals surface area (Å²) in [6.45, 7) is 9.85. The zero-order chi connectivity index (χ0) is 26.7. The van der Waals surface area contributed by atoms with Crippen LogP contribution < -0.4 is 0 Å². The number of piperazine rings is 1. The number of allylic oxidation sites excluding steroid dienone is 4. The summed E-state index contributed by atoms with van der Waals surface area (Å²) in [4.78, 5) is 18.3. The molecule has 2 heterocycles. The number of amides is 1. The molecular weight excluding hydrogens is 484 g/mol. The molecule has 0 bridgehead atoms. The molecule has 1 unspecified atom stereocenters. The minimum Gasteiger partial charge on any atom is -0.340 e. The molecule has 0 radical (unpaired) electrons. The highest BCUT2D eigenvalue weighted by Gasteiger charge is 2.32. The minimum atomic E-state index is 0.0786. The maximum Gasteiger partial charge on any atom is 0.223 e. The van der Waals surface area contributed by atoms with Crippen LogP contribution in [0, 0.1) is 0 Å². The molecule has 4 heteroatoms. The van der Waals surface area contributed by atoms with E-state index in [1.807, 2.05) is 23.9 Å². The van der Waals surface area contributed by atoms with Crippen LogP contribution in [0.4, 0.5) is 0 Å². The fourth-order valence-corrected chi connectivity index (χ4v) is 6.71. The van der Waals surface area contributed by atoms with Crippen molar-refractivity contribution >= 4 is 17.7 Å². The average molecular weight is 527 g/mol. The van der Waals surface area contributed by atoms with E-state index in [-0.39, 0.29) is 11.8 Å². The molecule has 1 atom stereocenters. The van der Waals surface area contributed by atoms with Crippen LogP contribution >= 0.6 is 11.8 Å². The Kier molecular flexibility index (Phi) is 10.7. The Labute approximate surface area is 234 Å². The SMILES string of the molecule is C/C=C\C/C=C1\CSCC(C)=C(/C=C\C)C1N1CCN(C(=O)CC(c2ccccc2)c2ccccc2)CC1. The predicted octanol–water partition coefficient (Wildman–Crippen LogP) is 7.25. The monoisotopic (exact) mass is 526 g/mol. The summed E-state index contributed by atoms with van der Waals surface area (Å²) in [5, 5.41) is 0. The molecule has 2 aliphatic rings. The summed E-state index contributed by atoms with van der Waals surface area (Å²) >= 11 is 2.02. The van der Waals surface area contributed by atoms with Gasteiger partial charge in [0.05, 0.1) is 6.04 Å². The third kappa shape index (κ3) is 7.18. The first-order valence-corrected chi connectivity index (χ1v) is 15.1. The van der Waals surface area contributed by atoms with Gasteiger partial charge in [0.15, 0.2) is 0 Å². The Balaban J connectivity index is 1.49. The molecule has 0 spiro atoms. The Morgan fingerprint density at radius 2 is 1.55 bits per heavy atom. The van der Waals surface area contributed by atoms with Gasteiger partial charge in [0, 0.05) is 50.0 Å². The van der Waals surface area contributed by atoms with Gasteiger partial charge in [-0.15, -0.1) is 0 Å². The van der Waals surface area contributed by atoms with Crippen LogP contribution in [0.5, 0.6) is 0 Å². The number of carbonyl (C=O) groups is 1. The van der Waals surface area contributed by atoms with Gasteiger partial charge in [0.2, 0.25) is 5.91 Å². The van der Waals surface area contributed by atoms with E-state index >= 15 is 0 Å². The van der Waals surface area contributed by atoms with E-state index in [9.17, 15) is 4.79 Å². The first-order chi connectivity index (χ1) is 18.6. The molecule has 0 aliphatic carbocycles. The van der Waals surface area contributed by atoms with Crippen molar-refractivity contribution in [2.75, 3.05) is 37.7 Å². The standard InChI is InChI=1S/C34H42N2OS/c1-4-6-9-19-30-26-38-25-27(3)31(14-5-2)34(30)36-22-20-35(21-23-36)33(37)24-32(28-15-10-7-11-16-28)29-17-12-8-13-18-29/h4-8,10-19,32,34H,9,20-26H2,1-3H3/b6-4-,14-5-,30-19+. The second-order valence-electron chi connectivity index (χ2n) is 10.2. The lowest BCUT2D eigenvalue weighted by atomic mass is 9.88. The van der Waals surface area contributed by atoms with Gasteiger partial charge < -0.3 is 4.90 Å². The fourth-order valence-electron chi connectivity index (χ4n) is 5.62. The summed E-state index contributed by atoms with van der Waals surface area (Å²) in [7, 11) is 0. The molecule has 0 saturated carbocycles. The van der Waals surface area contributed by atoms with Gasteiger partial charge in [-0.3, -0.25) is 9.69 Å². The van der Waals surface area contributed by atoms with E-state index in [0.717, 1.165) is 44.1 Å². The van der Waals surface area contributed by atoms with Crippen LogP contribution in [0.25, 0.3) is 0 Å². The van der Waals surface area contributed by atoms with Crippen molar-refractivity contribution in [3.05, 3.63) is 119 Å². The van der Waals surface area contributed by atoms with E-state index in [1.165, 1.54) is 27.8 Å². The zero-order valence-corrected chi connectivity index (χ0v) is 24.0. The van der Waals surface area contributed by atoms with E-state index in [4.69, 9.17) is 0 Å². The summed E-state index contributed by atoms with van der Waals surface area (Å²) < 4.78 is 0. The van der Waals surface area contributed by atoms with Crippen LogP contribution in [-0.2, 0) is 4.79 Å². The van der Waals surface area contributed by atoms with Gasteiger partial charge in [-0.05, 0) is 49.5 Å². The maximum absolute atomic E-state index is 13.6. The smallest absolute Gasteiger partial charge is 0.223 e. The van der Waals surface area contributed by atoms with Crippen molar-refractivity contribution in [2.45, 2.75) is 45.6 Å². The van der Waals surface area contributed by atoms with Crippen LogP contribution in [0.2, 0.25) is 0 Å². The Morgan fingerprint density at radius 1 is 0.921 bits per heavy atom. The summed E-state index contributed by atoms with van der Waals surface area (Å²) in [6.07, 6.45) is 12.8. The number of rotatable bonds is 8. The molecule has 0 N–H and O–H groups in total. The van der Waals surface area contributed by atoms with Crippen LogP contribution in [-0.4, -0.2) is 59.4 Å². The van der Waals surface area contributed by atoms with Gasteiger partial charge in [-0.1, -0.05) is 96.6 Å². The van der Waals surface area contributed by atoms with Crippen LogP contribution in [0.1, 0.15) is 50.7 Å². The predicted molar refractivity (Wildman–Crippen MR) is 164 cm³/mol. The van der Waals surface area contributed by atoms with Crippen molar-refractivity contribution in [1.29, 1.82) is 0 Å². The number of benzene rings is 2. The highest BCUT2D eigenvalue weighted by Crippen LogP contribution is 2.33. The molecule has 4 rings (SSSR count). The van der Waals surface area contributed by atoms with Gasteiger partial charge in [0.1, 0.15) is 0 Å². The van der Waals surface area contributed by atoms with E-state index in [1.54, 1.807) is 0 Å². The lowest BCUT2D eigenvalue weighted by Gasteiger charge is -2.41. The molecule has 1 amide bonds. The topological polar surface area (TPSA) is 23.6 Å². The Bertz CT molecular complexity index is 1120. The fraction of sp³-hybridized carbons (Fsp3) is 0.382. The molecule has 0 aromatic heterocycles. The summed E-state index contributed by atoms with van der Waals surface area (Å²) in [5.74, 6) is 2.48. The molecule has 3 nitrogen and oxygen atoms in total. The Hall–Kier alpha value is -2.82. The van der Waals surface area contributed by atoms with Crippen LogP contribution in [0.15, 0.2) is 108 Å². The van der Waals surface area contributed by atoms with Crippen molar-refractivity contribution in [3.8, 4) is 0 Å². The van der Waals surface area contributed by atoms with Gasteiger partial charge in [-0.25, -0.2) is 0 Å². The largest absolute Gasteiger partial charge is 0.340 e. The van der Waals surface area contributed by atoms with E-state index < -0.39 is 0 Å². The zero-order valence-electron chi connectivity index (χ0n) is 23.2. The normalized spacial score (nSPS) is 20.7. The third-order valence-electron chi connectivity index (χ3n) is 7.64. The molecule has 200 valence electrons. The lowest BCUT2D eigenvalue weighted by Crippen LogP contribution is -2.53. The van der Waals surface area contributed by atoms with Crippen molar-refractivity contribution < 1.29 is 4.79 Å². The highest BCUT2D eigenvalue weighted by atomic mass is 32.2. The lowest BCUT2D eigenvalue weighted by molar-refractivity contribution is -0.133. The second-order valence-corrected chi connectivity index (χ2v) is 11.2. The maximum atomic E-state index is 13.6. The molecule has 2 aliphatic heterocycles. The average Bonchev–Trinajstić information content (AvgIpc) is 3.11. The first-order valence-electron chi connectivity index (χ1n) is 13.9. The minimum absolute atomic E-state index is 0.0786. The molecule has 2 aromatic carbocycles.